The molecular formula is C58H46N6. The van der Waals surface area contributed by atoms with Crippen LogP contribution in [-0.4, -0.2) is 29.9 Å². The van der Waals surface area contributed by atoms with Crippen LogP contribution < -0.4 is 0 Å². The third-order valence-corrected chi connectivity index (χ3v) is 11.5. The van der Waals surface area contributed by atoms with Crippen LogP contribution in [0.15, 0.2) is 219 Å². The van der Waals surface area contributed by atoms with E-state index in [-0.39, 0.29) is 5.41 Å². The lowest BCUT2D eigenvalue weighted by Crippen LogP contribution is -2.18. The van der Waals surface area contributed by atoms with Gasteiger partial charge in [-0.2, -0.15) is 0 Å². The molecule has 0 aliphatic rings. The van der Waals surface area contributed by atoms with Crippen molar-refractivity contribution in [3.05, 3.63) is 236 Å². The molecule has 9 rings (SSSR count). The molecule has 2 heterocycles. The fourth-order valence-corrected chi connectivity index (χ4v) is 7.78. The molecule has 308 valence electrons. The lowest BCUT2D eigenvalue weighted by atomic mass is 9.77. The number of hydrogen-bond donors (Lipinski definition) is 0. The van der Waals surface area contributed by atoms with Crippen molar-refractivity contribution in [3.63, 3.8) is 0 Å². The minimum absolute atomic E-state index is 0.321. The van der Waals surface area contributed by atoms with Crippen LogP contribution in [-0.2, 0) is 5.41 Å². The molecule has 0 amide bonds. The van der Waals surface area contributed by atoms with Crippen molar-refractivity contribution in [2.45, 2.75) is 26.2 Å². The van der Waals surface area contributed by atoms with Gasteiger partial charge in [0.05, 0.1) is 0 Å². The van der Waals surface area contributed by atoms with Crippen LogP contribution in [0, 0.1) is 0 Å². The molecule has 0 unspecified atom stereocenters. The largest absolute Gasteiger partial charge is 0.208 e. The number of nitrogens with zero attached hydrogens (tertiary/aromatic N) is 6. The van der Waals surface area contributed by atoms with E-state index in [1.165, 1.54) is 0 Å². The molecule has 6 nitrogen and oxygen atoms in total. The van der Waals surface area contributed by atoms with Gasteiger partial charge < -0.3 is 0 Å². The second-order valence-electron chi connectivity index (χ2n) is 16.0. The highest BCUT2D eigenvalue weighted by molar-refractivity contribution is 5.78. The summed E-state index contributed by atoms with van der Waals surface area (Å²) < 4.78 is 0. The van der Waals surface area contributed by atoms with E-state index in [4.69, 9.17) is 29.9 Å². The van der Waals surface area contributed by atoms with Crippen LogP contribution in [0.3, 0.4) is 0 Å². The summed E-state index contributed by atoms with van der Waals surface area (Å²) >= 11 is 0. The molecule has 0 atom stereocenters. The van der Waals surface area contributed by atoms with E-state index in [0.29, 0.717) is 34.9 Å². The van der Waals surface area contributed by atoms with Gasteiger partial charge in [0.2, 0.25) is 0 Å². The zero-order valence-corrected chi connectivity index (χ0v) is 36.1. The molecule has 7 aromatic carbocycles. The van der Waals surface area contributed by atoms with Gasteiger partial charge in [0.15, 0.2) is 34.9 Å². The lowest BCUT2D eigenvalue weighted by Gasteiger charge is -2.26. The van der Waals surface area contributed by atoms with Crippen LogP contribution in [0.1, 0.15) is 37.5 Å². The summed E-state index contributed by atoms with van der Waals surface area (Å²) in [5, 5.41) is 0. The van der Waals surface area contributed by atoms with Gasteiger partial charge in [0.25, 0.3) is 0 Å². The molecule has 0 fully saturated rings. The Morgan fingerprint density at radius 2 is 0.750 bits per heavy atom. The second kappa shape index (κ2) is 18.4. The number of benzene rings is 7. The average Bonchev–Trinajstić information content (AvgIpc) is 3.37. The molecule has 64 heavy (non-hydrogen) atoms. The summed E-state index contributed by atoms with van der Waals surface area (Å²) in [5.74, 6) is 3.71. The monoisotopic (exact) mass is 826 g/mol. The Morgan fingerprint density at radius 1 is 0.391 bits per heavy atom. The van der Waals surface area contributed by atoms with Crippen LogP contribution in [0.25, 0.3) is 85.0 Å². The molecular weight excluding hydrogens is 781 g/mol. The third kappa shape index (κ3) is 8.89. The van der Waals surface area contributed by atoms with E-state index in [1.807, 2.05) is 91.9 Å². The van der Waals surface area contributed by atoms with E-state index < -0.39 is 0 Å². The van der Waals surface area contributed by atoms with Gasteiger partial charge in [0.1, 0.15) is 0 Å². The van der Waals surface area contributed by atoms with Crippen LogP contribution >= 0.6 is 0 Å². The number of hydrogen-bond acceptors (Lipinski definition) is 6. The van der Waals surface area contributed by atoms with Gasteiger partial charge in [-0.1, -0.05) is 221 Å². The third-order valence-electron chi connectivity index (χ3n) is 11.5. The maximum absolute atomic E-state index is 5.05. The topological polar surface area (TPSA) is 77.3 Å². The minimum Gasteiger partial charge on any atom is -0.208 e. The van der Waals surface area contributed by atoms with Crippen molar-refractivity contribution >= 4 is 5.57 Å². The van der Waals surface area contributed by atoms with Crippen LogP contribution in [0.2, 0.25) is 0 Å². The summed E-state index contributed by atoms with van der Waals surface area (Å²) in [6, 6.07) is 64.3. The molecule has 0 radical (unpaired) electrons. The highest BCUT2D eigenvalue weighted by Crippen LogP contribution is 2.35. The summed E-state index contributed by atoms with van der Waals surface area (Å²) in [7, 11) is 0. The quantitative estimate of drug-likeness (QED) is 0.114. The summed E-state index contributed by atoms with van der Waals surface area (Å²) in [6.07, 6.45) is 7.86. The Hall–Kier alpha value is -8.22. The molecule has 6 heteroatoms. The number of rotatable bonds is 12. The molecule has 0 N–H and O–H groups in total. The Bertz CT molecular complexity index is 3120. The van der Waals surface area contributed by atoms with Gasteiger partial charge in [-0.3, -0.25) is 0 Å². The van der Waals surface area contributed by atoms with Crippen molar-refractivity contribution in [2.24, 2.45) is 0 Å². The van der Waals surface area contributed by atoms with Gasteiger partial charge in [-0.05, 0) is 52.4 Å². The van der Waals surface area contributed by atoms with Crippen molar-refractivity contribution in [3.8, 4) is 79.5 Å². The van der Waals surface area contributed by atoms with Crippen molar-refractivity contribution in [1.82, 2.24) is 29.9 Å². The molecule has 0 bridgehead atoms. The second-order valence-corrected chi connectivity index (χ2v) is 16.0. The molecule has 2 aromatic heterocycles. The van der Waals surface area contributed by atoms with Gasteiger partial charge in [-0.25, -0.2) is 29.9 Å². The van der Waals surface area contributed by atoms with Gasteiger partial charge in [-0.15, -0.1) is 0 Å². The number of aromatic nitrogens is 6. The first-order chi connectivity index (χ1) is 31.4. The maximum atomic E-state index is 5.05. The fourth-order valence-electron chi connectivity index (χ4n) is 7.78. The molecule has 0 saturated heterocycles. The zero-order chi connectivity index (χ0) is 43.9. The van der Waals surface area contributed by atoms with Crippen molar-refractivity contribution in [2.75, 3.05) is 0 Å². The minimum atomic E-state index is -0.321. The van der Waals surface area contributed by atoms with E-state index in [9.17, 15) is 0 Å². The Balaban J connectivity index is 1.03. The normalized spacial score (nSPS) is 11.8. The zero-order valence-electron chi connectivity index (χ0n) is 36.1. The van der Waals surface area contributed by atoms with E-state index in [0.717, 1.165) is 66.8 Å². The van der Waals surface area contributed by atoms with E-state index >= 15 is 0 Å². The molecule has 0 saturated carbocycles. The van der Waals surface area contributed by atoms with Crippen molar-refractivity contribution in [1.29, 1.82) is 0 Å². The molecule has 0 aliphatic heterocycles. The lowest BCUT2D eigenvalue weighted by molar-refractivity contribution is 0.641. The standard InChI is InChI=1S/C58H46N6/c1-5-7-19-40(6-2)46-26-17-28-48(38-46)56-61-52(42-22-13-9-14-23-42)59-54(63-56)44-30-34-50(35-31-44)58(3,4)51-36-32-45(33-37-51)55-60-53(43-24-15-10-16-25-43)62-57(64-55)49-29-18-27-47(39-49)41-20-11-8-12-21-41/h5-39H,1H2,2-4H3/b19-7-,40-6+. The number of allylic oxidation sites excluding steroid dienone is 5. The highest BCUT2D eigenvalue weighted by Gasteiger charge is 2.24. The van der Waals surface area contributed by atoms with E-state index in [1.54, 1.807) is 6.08 Å². The Morgan fingerprint density at radius 3 is 1.19 bits per heavy atom. The smallest absolute Gasteiger partial charge is 0.164 e. The molecule has 9 aromatic rings. The Kier molecular flexibility index (Phi) is 11.8. The van der Waals surface area contributed by atoms with Crippen LogP contribution in [0.5, 0.6) is 0 Å². The van der Waals surface area contributed by atoms with E-state index in [2.05, 4.69) is 142 Å². The Labute approximate surface area is 375 Å². The fraction of sp³-hybridized carbons (Fsp3) is 0.0690. The maximum Gasteiger partial charge on any atom is 0.164 e. The predicted molar refractivity (Wildman–Crippen MR) is 263 cm³/mol. The summed E-state index contributed by atoms with van der Waals surface area (Å²) in [4.78, 5) is 30.1. The first-order valence-corrected chi connectivity index (χ1v) is 21.4. The van der Waals surface area contributed by atoms with Crippen LogP contribution in [0.4, 0.5) is 0 Å². The predicted octanol–water partition coefficient (Wildman–Crippen LogP) is 14.2. The van der Waals surface area contributed by atoms with Crippen molar-refractivity contribution < 1.29 is 0 Å². The van der Waals surface area contributed by atoms with Gasteiger partial charge >= 0.3 is 0 Å². The molecule has 0 spiro atoms. The first-order valence-electron chi connectivity index (χ1n) is 21.4. The summed E-state index contributed by atoms with van der Waals surface area (Å²) in [5.41, 5.74) is 11.9. The first kappa shape index (κ1) is 41.1. The highest BCUT2D eigenvalue weighted by atomic mass is 15.0. The summed E-state index contributed by atoms with van der Waals surface area (Å²) in [6.45, 7) is 10.4. The molecule has 0 aliphatic carbocycles. The average molecular weight is 827 g/mol. The van der Waals surface area contributed by atoms with Gasteiger partial charge in [0, 0.05) is 38.8 Å². The SMILES string of the molecule is C=C/C=C\C(=C/C)c1cccc(-c2nc(-c3ccccc3)nc(-c3ccc(C(C)(C)c4ccc(-c5nc(-c6ccccc6)nc(-c6cccc(-c7ccccc7)c6)n5)cc4)cc3)n2)c1.